The van der Waals surface area contributed by atoms with E-state index in [0.717, 1.165) is 18.4 Å². The molecule has 0 aromatic rings. The number of aliphatic hydroxyl groups is 10. The Bertz CT molecular complexity index is 1890. The molecule has 11 N–H and O–H groups in total. The van der Waals surface area contributed by atoms with E-state index in [4.69, 9.17) is 28.4 Å². The first-order valence-corrected chi connectivity index (χ1v) is 24.3. The van der Waals surface area contributed by atoms with Gasteiger partial charge in [-0.1, -0.05) is 60.1 Å². The third-order valence-electron chi connectivity index (χ3n) is 19.3. The van der Waals surface area contributed by atoms with E-state index >= 15 is 0 Å². The number of aliphatic carboxylic acids is 1. The van der Waals surface area contributed by atoms with Gasteiger partial charge in [0.15, 0.2) is 18.7 Å². The highest BCUT2D eigenvalue weighted by atomic mass is 16.7. The molecular weight excluding hydrogens is 881 g/mol. The number of carboxylic acid groups (broad SMARTS) is 1. The molecule has 0 aromatic carbocycles. The number of aliphatic hydroxyl groups excluding tert-OH is 10. The molecule has 0 unspecified atom stereocenters. The first-order chi connectivity index (χ1) is 31.1. The van der Waals surface area contributed by atoms with Crippen LogP contribution in [0.15, 0.2) is 11.6 Å². The lowest BCUT2D eigenvalue weighted by molar-refractivity contribution is -0.363. The number of hydrogen-bond donors (Lipinski definition) is 11. The minimum atomic E-state index is -1.93. The van der Waals surface area contributed by atoms with Crippen LogP contribution in [0.3, 0.4) is 0 Å². The summed E-state index contributed by atoms with van der Waals surface area (Å²) in [7, 11) is 0. The molecular formula is C48H76O19. The minimum Gasteiger partial charge on any atom is -0.479 e. The minimum absolute atomic E-state index is 0.0546. The molecule has 19 heteroatoms. The summed E-state index contributed by atoms with van der Waals surface area (Å²) in [6.45, 7) is 16.1. The lowest BCUT2D eigenvalue weighted by atomic mass is 9.33. The van der Waals surface area contributed by atoms with Crippen LogP contribution in [0.1, 0.15) is 113 Å². The summed E-state index contributed by atoms with van der Waals surface area (Å²) >= 11 is 0. The van der Waals surface area contributed by atoms with E-state index in [2.05, 4.69) is 54.5 Å². The summed E-state index contributed by atoms with van der Waals surface area (Å²) in [5, 5.41) is 118. The Kier molecular flexibility index (Phi) is 13.6. The van der Waals surface area contributed by atoms with Gasteiger partial charge in [0.1, 0.15) is 66.5 Å². The second-order valence-electron chi connectivity index (χ2n) is 23.6. The van der Waals surface area contributed by atoms with Crippen molar-refractivity contribution < 1.29 is 94.2 Å². The zero-order valence-electron chi connectivity index (χ0n) is 39.9. The van der Waals surface area contributed by atoms with Crippen molar-refractivity contribution in [1.82, 2.24) is 0 Å². The predicted molar refractivity (Wildman–Crippen MR) is 231 cm³/mol. The fraction of sp³-hybridized carbons (Fsp3) is 0.917. The average molecular weight is 957 g/mol. The van der Waals surface area contributed by atoms with Gasteiger partial charge in [0.2, 0.25) is 6.29 Å². The molecule has 0 aromatic heterocycles. The molecule has 19 nitrogen and oxygen atoms in total. The van der Waals surface area contributed by atoms with Gasteiger partial charge in [-0.3, -0.25) is 4.79 Å². The van der Waals surface area contributed by atoms with E-state index in [-0.39, 0.29) is 34.5 Å². The smallest absolute Gasteiger partial charge is 0.335 e. The first-order valence-electron chi connectivity index (χ1n) is 24.3. The molecule has 24 atom stereocenters. The summed E-state index contributed by atoms with van der Waals surface area (Å²) in [6.07, 6.45) is -18.7. The van der Waals surface area contributed by atoms with E-state index in [0.29, 0.717) is 38.5 Å². The van der Waals surface area contributed by atoms with Crippen molar-refractivity contribution in [3.63, 3.8) is 0 Å². The largest absolute Gasteiger partial charge is 0.479 e. The number of rotatable bonds is 8. The Morgan fingerprint density at radius 3 is 1.99 bits per heavy atom. The van der Waals surface area contributed by atoms with Crippen molar-refractivity contribution >= 4 is 11.9 Å². The first kappa shape index (κ1) is 51.4. The van der Waals surface area contributed by atoms with Crippen LogP contribution < -0.4 is 0 Å². The molecule has 3 heterocycles. The Morgan fingerprint density at radius 1 is 0.687 bits per heavy atom. The van der Waals surface area contributed by atoms with E-state index in [1.165, 1.54) is 6.92 Å². The summed E-state index contributed by atoms with van der Waals surface area (Å²) < 4.78 is 35.2. The molecule has 8 rings (SSSR count). The lowest BCUT2D eigenvalue weighted by Crippen LogP contribution is -2.68. The van der Waals surface area contributed by atoms with Gasteiger partial charge < -0.3 is 84.6 Å². The second-order valence-corrected chi connectivity index (χ2v) is 23.6. The molecule has 8 aliphatic rings. The van der Waals surface area contributed by atoms with Gasteiger partial charge >= 0.3 is 11.9 Å². The van der Waals surface area contributed by atoms with E-state index in [9.17, 15) is 65.8 Å². The number of esters is 1. The summed E-state index contributed by atoms with van der Waals surface area (Å²) in [5.74, 6) is -2.55. The predicted octanol–water partition coefficient (Wildman–Crippen LogP) is 0.231. The maximum atomic E-state index is 14.7. The zero-order valence-corrected chi connectivity index (χ0v) is 39.9. The molecule has 3 aliphatic heterocycles. The standard InChI is InChI=1S/C48H76O19/c1-20-28(51)30(53)32(55)39(62-20)65-36-34(57)37(38(59)60)66-41(35(36)58)64-27-12-13-45(6)24(44(27,4)5)11-14-46(7)25(45)10-9-21-22-17-43(2,3)15-16-48(22,26(50)18-47(21,46)8)42(61)67-40-33(56)31(54)29(52)23(19-49)63-40/h9,20,22-37,39-41,49-58H,10-19H2,1-8H3,(H,59,60)/t20-,22-,23+,24-,25+,26+,27-,28-,29+,30+,31-,32+,33+,34-,35+,36-,37-,39-,40-,41+,45-,46+,47+,48+/m0/s1. The quantitative estimate of drug-likeness (QED) is 0.0882. The molecule has 4 saturated carbocycles. The van der Waals surface area contributed by atoms with Gasteiger partial charge in [0.05, 0.1) is 24.9 Å². The highest BCUT2D eigenvalue weighted by molar-refractivity contribution is 5.80. The van der Waals surface area contributed by atoms with Crippen LogP contribution in [-0.2, 0) is 38.0 Å². The second kappa shape index (κ2) is 17.7. The van der Waals surface area contributed by atoms with Crippen LogP contribution in [0.25, 0.3) is 0 Å². The Morgan fingerprint density at radius 2 is 1.33 bits per heavy atom. The zero-order chi connectivity index (χ0) is 49.3. The summed E-state index contributed by atoms with van der Waals surface area (Å²) in [5.41, 5.74) is -2.24. The third-order valence-corrected chi connectivity index (χ3v) is 19.3. The molecule has 7 fully saturated rings. The van der Waals surface area contributed by atoms with Gasteiger partial charge in [0.25, 0.3) is 0 Å². The molecule has 0 bridgehead atoms. The SMILES string of the molecule is C[C@@H]1O[C@@H](O[C@@H]2[C@@H](O)[C@H](O[C@H]3CC[C@]4(C)[C@H]5CC=C6[C@@H]7CC(C)(C)CC[C@]7(C(=O)O[C@@H]7O[C@H](CO)[C@@H](O)[C@H](O)[C@H]7O)[C@H](O)C[C@@]6(C)[C@]5(C)CC[C@H]4C3(C)C)O[C@H](C(=O)O)[C@H]2O)[C@H](O)[C@H](O)[C@H]1O. The normalized spacial score (nSPS) is 53.7. The van der Waals surface area contributed by atoms with Crippen molar-refractivity contribution in [2.75, 3.05) is 6.61 Å². The molecule has 0 spiro atoms. The molecule has 3 saturated heterocycles. The van der Waals surface area contributed by atoms with Gasteiger partial charge in [-0.25, -0.2) is 4.79 Å². The number of allylic oxidation sites excluding steroid dienone is 2. The maximum Gasteiger partial charge on any atom is 0.335 e. The number of carbonyl (C=O) groups excluding carboxylic acids is 1. The van der Waals surface area contributed by atoms with Gasteiger partial charge in [-0.05, 0) is 110 Å². The van der Waals surface area contributed by atoms with Crippen molar-refractivity contribution in [3.05, 3.63) is 11.6 Å². The lowest BCUT2D eigenvalue weighted by Gasteiger charge is -2.71. The van der Waals surface area contributed by atoms with Crippen LogP contribution in [0.5, 0.6) is 0 Å². The van der Waals surface area contributed by atoms with Crippen LogP contribution in [0.4, 0.5) is 0 Å². The fourth-order valence-electron chi connectivity index (χ4n) is 15.1. The number of carbonyl (C=O) groups is 2. The van der Waals surface area contributed by atoms with Crippen LogP contribution in [0.2, 0.25) is 0 Å². The molecule has 382 valence electrons. The molecule has 5 aliphatic carbocycles. The Balaban J connectivity index is 1.05. The van der Waals surface area contributed by atoms with Crippen LogP contribution in [0, 0.1) is 50.2 Å². The number of carboxylic acids is 1. The maximum absolute atomic E-state index is 14.7. The fourth-order valence-corrected chi connectivity index (χ4v) is 15.1. The van der Waals surface area contributed by atoms with Crippen molar-refractivity contribution in [1.29, 1.82) is 0 Å². The van der Waals surface area contributed by atoms with Crippen LogP contribution in [-0.4, -0.2) is 179 Å². The number of hydrogen-bond acceptors (Lipinski definition) is 18. The van der Waals surface area contributed by atoms with Crippen molar-refractivity contribution in [2.24, 2.45) is 50.2 Å². The van der Waals surface area contributed by atoms with E-state index in [1.54, 1.807) is 0 Å². The number of fused-ring (bicyclic) bond motifs is 7. The third kappa shape index (κ3) is 7.88. The average Bonchev–Trinajstić information content (AvgIpc) is 3.25. The van der Waals surface area contributed by atoms with Crippen molar-refractivity contribution in [2.45, 2.75) is 218 Å². The van der Waals surface area contributed by atoms with E-state index in [1.807, 2.05) is 0 Å². The van der Waals surface area contributed by atoms with Crippen molar-refractivity contribution in [3.8, 4) is 0 Å². The van der Waals surface area contributed by atoms with Crippen LogP contribution >= 0.6 is 0 Å². The summed E-state index contributed by atoms with van der Waals surface area (Å²) in [6, 6.07) is 0. The number of ether oxygens (including phenoxy) is 6. The monoisotopic (exact) mass is 956 g/mol. The summed E-state index contributed by atoms with van der Waals surface area (Å²) in [4.78, 5) is 27.1. The van der Waals surface area contributed by atoms with Gasteiger partial charge in [0, 0.05) is 0 Å². The Labute approximate surface area is 391 Å². The highest BCUT2D eigenvalue weighted by Crippen LogP contribution is 2.76. The highest BCUT2D eigenvalue weighted by Gasteiger charge is 2.72. The van der Waals surface area contributed by atoms with Gasteiger partial charge in [-0.15, -0.1) is 0 Å². The van der Waals surface area contributed by atoms with Gasteiger partial charge in [-0.2, -0.15) is 0 Å². The van der Waals surface area contributed by atoms with E-state index < -0.39 is 145 Å². The Hall–Kier alpha value is -1.92. The molecule has 0 radical (unpaired) electrons. The molecule has 67 heavy (non-hydrogen) atoms. The molecule has 0 amide bonds. The topological polar surface area (TPSA) is 312 Å².